The van der Waals surface area contributed by atoms with Crippen LogP contribution >= 0.6 is 0 Å². The number of allylic oxidation sites excluding steroid dienone is 4. The maximum Gasteiger partial charge on any atom is 0.123 e. The van der Waals surface area contributed by atoms with Gasteiger partial charge in [0.15, 0.2) is 0 Å². The second-order valence-corrected chi connectivity index (χ2v) is 5.86. The van der Waals surface area contributed by atoms with Crippen molar-refractivity contribution in [1.82, 2.24) is 4.98 Å². The van der Waals surface area contributed by atoms with Gasteiger partial charge in [0.2, 0.25) is 0 Å². The van der Waals surface area contributed by atoms with Gasteiger partial charge in [-0.3, -0.25) is 0 Å². The predicted molar refractivity (Wildman–Crippen MR) is 92.4 cm³/mol. The Kier molecular flexibility index (Phi) is 4.34. The number of benzene rings is 1. The minimum atomic E-state index is 0.265. The van der Waals surface area contributed by atoms with E-state index in [0.29, 0.717) is 19.1 Å². The first-order valence-electron chi connectivity index (χ1n) is 8.03. The average Bonchev–Trinajstić information content (AvgIpc) is 3.02. The number of nitrogens with one attached hydrogen (secondary N) is 1. The number of aromatic nitrogens is 1. The van der Waals surface area contributed by atoms with E-state index in [2.05, 4.69) is 48.3 Å². The average molecular weight is 296 g/mol. The van der Waals surface area contributed by atoms with Gasteiger partial charge in [-0.25, -0.2) is 0 Å². The van der Waals surface area contributed by atoms with Crippen LogP contribution in [0, 0.1) is 12.8 Å². The molecule has 22 heavy (non-hydrogen) atoms. The summed E-state index contributed by atoms with van der Waals surface area (Å²) in [7, 11) is 0. The minimum Gasteiger partial charge on any atom is -0.494 e. The van der Waals surface area contributed by atoms with E-state index < -0.39 is 0 Å². The first kappa shape index (κ1) is 14.9. The molecule has 1 aromatic heterocycles. The Morgan fingerprint density at radius 2 is 2.27 bits per heavy atom. The van der Waals surface area contributed by atoms with Gasteiger partial charge < -0.3 is 15.5 Å². The molecule has 3 heteroatoms. The van der Waals surface area contributed by atoms with Crippen LogP contribution in [0.15, 0.2) is 42.6 Å². The zero-order valence-electron chi connectivity index (χ0n) is 13.3. The zero-order chi connectivity index (χ0) is 15.5. The van der Waals surface area contributed by atoms with Crippen molar-refractivity contribution in [2.45, 2.75) is 26.2 Å². The van der Waals surface area contributed by atoms with E-state index in [-0.39, 0.29) is 5.92 Å². The van der Waals surface area contributed by atoms with Crippen LogP contribution in [-0.4, -0.2) is 18.1 Å². The van der Waals surface area contributed by atoms with Crippen LogP contribution in [0.2, 0.25) is 0 Å². The van der Waals surface area contributed by atoms with Crippen molar-refractivity contribution >= 4 is 10.9 Å². The predicted octanol–water partition coefficient (Wildman–Crippen LogP) is 4.05. The number of fused-ring (bicyclic) bond motifs is 1. The molecule has 0 spiro atoms. The number of ether oxygens (including phenoxy) is 1. The fourth-order valence-corrected chi connectivity index (χ4v) is 3.46. The van der Waals surface area contributed by atoms with Crippen molar-refractivity contribution in [1.29, 1.82) is 0 Å². The van der Waals surface area contributed by atoms with Crippen LogP contribution in [0.1, 0.15) is 30.4 Å². The van der Waals surface area contributed by atoms with E-state index in [1.807, 2.05) is 13.1 Å². The third-order valence-electron chi connectivity index (χ3n) is 4.50. The lowest BCUT2D eigenvalue weighted by Gasteiger charge is -2.27. The van der Waals surface area contributed by atoms with Crippen molar-refractivity contribution < 1.29 is 4.74 Å². The topological polar surface area (TPSA) is 51.0 Å². The Balaban J connectivity index is 2.15. The Hall–Kier alpha value is -2.00. The van der Waals surface area contributed by atoms with Gasteiger partial charge in [0.1, 0.15) is 5.75 Å². The van der Waals surface area contributed by atoms with E-state index in [0.717, 1.165) is 12.2 Å². The number of H-pyrrole nitrogens is 1. The Bertz CT molecular complexity index is 712. The molecule has 0 fully saturated rings. The quantitative estimate of drug-likeness (QED) is 0.874. The van der Waals surface area contributed by atoms with Gasteiger partial charge in [-0.1, -0.05) is 24.3 Å². The van der Waals surface area contributed by atoms with E-state index >= 15 is 0 Å². The summed E-state index contributed by atoms with van der Waals surface area (Å²) >= 11 is 0. The molecule has 3 nitrogen and oxygen atoms in total. The normalized spacial score (nSPS) is 18.8. The van der Waals surface area contributed by atoms with Crippen LogP contribution < -0.4 is 10.5 Å². The summed E-state index contributed by atoms with van der Waals surface area (Å²) in [4.78, 5) is 3.35. The van der Waals surface area contributed by atoms with Gasteiger partial charge in [-0.2, -0.15) is 0 Å². The molecular weight excluding hydrogens is 272 g/mol. The summed E-state index contributed by atoms with van der Waals surface area (Å²) in [6, 6.07) is 4.29. The van der Waals surface area contributed by atoms with Crippen LogP contribution in [0.5, 0.6) is 5.75 Å². The summed E-state index contributed by atoms with van der Waals surface area (Å²) in [5, 5.41) is 1.24. The van der Waals surface area contributed by atoms with E-state index in [1.54, 1.807) is 0 Å². The maximum atomic E-state index is 6.17. The summed E-state index contributed by atoms with van der Waals surface area (Å²) in [6.45, 7) is 5.43. The molecule has 2 aromatic rings. The largest absolute Gasteiger partial charge is 0.494 e. The molecule has 116 valence electrons. The highest BCUT2D eigenvalue weighted by atomic mass is 16.5. The molecule has 1 aliphatic rings. The number of nitrogens with two attached hydrogens (primary N) is 1. The highest BCUT2D eigenvalue weighted by Gasteiger charge is 2.26. The third-order valence-corrected chi connectivity index (χ3v) is 4.50. The van der Waals surface area contributed by atoms with Gasteiger partial charge in [0.05, 0.1) is 6.61 Å². The van der Waals surface area contributed by atoms with E-state index in [1.165, 1.54) is 22.0 Å². The van der Waals surface area contributed by atoms with Crippen LogP contribution in [0.3, 0.4) is 0 Å². The third kappa shape index (κ3) is 2.57. The molecule has 0 saturated carbocycles. The molecule has 2 unspecified atom stereocenters. The fraction of sp³-hybridized carbons (Fsp3) is 0.368. The van der Waals surface area contributed by atoms with E-state index in [9.17, 15) is 0 Å². The highest BCUT2D eigenvalue weighted by Crippen LogP contribution is 2.40. The number of rotatable bonds is 5. The van der Waals surface area contributed by atoms with Gasteiger partial charge in [0.25, 0.3) is 0 Å². The molecule has 3 rings (SSSR count). The van der Waals surface area contributed by atoms with Gasteiger partial charge in [-0.05, 0) is 50.4 Å². The first-order valence-corrected chi connectivity index (χ1v) is 8.03. The van der Waals surface area contributed by atoms with Crippen molar-refractivity contribution in [3.05, 3.63) is 53.8 Å². The standard InChI is InChI=1S/C19H24N2O/c1-3-22-17-11-13(2)19-15(9-10-21-19)18(17)16(12-20)14-7-5-4-6-8-14/h4-7,9-11,14,16,21H,3,8,12,20H2,1-2H3. The summed E-state index contributed by atoms with van der Waals surface area (Å²) < 4.78 is 5.96. The van der Waals surface area contributed by atoms with E-state index in [4.69, 9.17) is 10.5 Å². The maximum absolute atomic E-state index is 6.17. The van der Waals surface area contributed by atoms with Crippen LogP contribution in [0.25, 0.3) is 10.9 Å². The molecule has 0 bridgehead atoms. The second kappa shape index (κ2) is 6.41. The van der Waals surface area contributed by atoms with Gasteiger partial charge >= 0.3 is 0 Å². The van der Waals surface area contributed by atoms with Crippen LogP contribution in [-0.2, 0) is 0 Å². The van der Waals surface area contributed by atoms with Gasteiger partial charge in [-0.15, -0.1) is 0 Å². The molecule has 2 atom stereocenters. The molecular formula is C19H24N2O. The number of aryl methyl sites for hydroxylation is 1. The molecule has 0 saturated heterocycles. The molecule has 0 radical (unpaired) electrons. The SMILES string of the molecule is CCOc1cc(C)c2[nH]ccc2c1C(CN)C1C=CC=CC1. The molecule has 1 heterocycles. The van der Waals surface area contributed by atoms with Gasteiger partial charge in [0, 0.05) is 28.6 Å². The van der Waals surface area contributed by atoms with Crippen molar-refractivity contribution in [2.75, 3.05) is 13.2 Å². The Morgan fingerprint density at radius 1 is 1.41 bits per heavy atom. The van der Waals surface area contributed by atoms with Crippen molar-refractivity contribution in [3.8, 4) is 5.75 Å². The first-order chi connectivity index (χ1) is 10.8. The number of aromatic amines is 1. The smallest absolute Gasteiger partial charge is 0.123 e. The molecule has 0 aliphatic heterocycles. The Morgan fingerprint density at radius 3 is 2.95 bits per heavy atom. The lowest BCUT2D eigenvalue weighted by atomic mass is 9.80. The lowest BCUT2D eigenvalue weighted by molar-refractivity contribution is 0.331. The second-order valence-electron chi connectivity index (χ2n) is 5.86. The Labute approximate surface area is 131 Å². The summed E-state index contributed by atoms with van der Waals surface area (Å²) in [5.74, 6) is 1.67. The zero-order valence-corrected chi connectivity index (χ0v) is 13.3. The summed E-state index contributed by atoms with van der Waals surface area (Å²) in [6.07, 6.45) is 11.8. The fourth-order valence-electron chi connectivity index (χ4n) is 3.46. The number of hydrogen-bond acceptors (Lipinski definition) is 2. The monoisotopic (exact) mass is 296 g/mol. The molecule has 1 aliphatic carbocycles. The lowest BCUT2D eigenvalue weighted by Crippen LogP contribution is -2.22. The highest BCUT2D eigenvalue weighted by molar-refractivity contribution is 5.88. The summed E-state index contributed by atoms with van der Waals surface area (Å²) in [5.41, 5.74) is 9.82. The van der Waals surface area contributed by atoms with Crippen molar-refractivity contribution in [3.63, 3.8) is 0 Å². The molecule has 0 amide bonds. The van der Waals surface area contributed by atoms with Crippen LogP contribution in [0.4, 0.5) is 0 Å². The number of hydrogen-bond donors (Lipinski definition) is 2. The van der Waals surface area contributed by atoms with Crippen molar-refractivity contribution in [2.24, 2.45) is 11.7 Å². The molecule has 1 aromatic carbocycles. The molecule has 3 N–H and O–H groups in total. The minimum absolute atomic E-state index is 0.265.